The lowest BCUT2D eigenvalue weighted by molar-refractivity contribution is -0.117. The molecule has 0 aliphatic rings. The molecule has 0 radical (unpaired) electrons. The monoisotopic (exact) mass is 287 g/mol. The van der Waals surface area contributed by atoms with Crippen molar-refractivity contribution in [2.24, 2.45) is 11.5 Å². The van der Waals surface area contributed by atoms with E-state index in [1.807, 2.05) is 0 Å². The van der Waals surface area contributed by atoms with Crippen LogP contribution >= 0.6 is 0 Å². The third-order valence-electron chi connectivity index (χ3n) is 2.95. The molecule has 2 amide bonds. The molecular weight excluding hydrogens is 273 g/mol. The standard InChI is InChI=1S/C15H14FN3O2/c16-11-7-6-10(14(18)20)8-12(11)19-15(21)13(17)9-4-2-1-3-5-9/h1-8,13H,17H2,(H2,18,20)(H,19,21). The molecular formula is C15H14FN3O2. The number of benzene rings is 2. The minimum atomic E-state index is -0.942. The maximum atomic E-state index is 13.7. The van der Waals surface area contributed by atoms with Gasteiger partial charge < -0.3 is 16.8 Å². The average molecular weight is 287 g/mol. The molecule has 5 nitrogen and oxygen atoms in total. The van der Waals surface area contributed by atoms with E-state index in [0.717, 1.165) is 6.07 Å². The summed E-state index contributed by atoms with van der Waals surface area (Å²) in [6.07, 6.45) is 0. The van der Waals surface area contributed by atoms with Gasteiger partial charge in [-0.25, -0.2) is 4.39 Å². The van der Waals surface area contributed by atoms with Crippen molar-refractivity contribution in [3.05, 3.63) is 65.5 Å². The Morgan fingerprint density at radius 2 is 1.76 bits per heavy atom. The smallest absolute Gasteiger partial charge is 0.248 e. The first-order valence-electron chi connectivity index (χ1n) is 6.20. The van der Waals surface area contributed by atoms with Crippen molar-refractivity contribution >= 4 is 17.5 Å². The van der Waals surface area contributed by atoms with Crippen LogP contribution in [-0.4, -0.2) is 11.8 Å². The van der Waals surface area contributed by atoms with Crippen molar-refractivity contribution in [3.8, 4) is 0 Å². The van der Waals surface area contributed by atoms with Crippen LogP contribution in [0.5, 0.6) is 0 Å². The van der Waals surface area contributed by atoms with Gasteiger partial charge in [-0.15, -0.1) is 0 Å². The number of amides is 2. The van der Waals surface area contributed by atoms with Crippen molar-refractivity contribution in [2.45, 2.75) is 6.04 Å². The zero-order valence-corrected chi connectivity index (χ0v) is 11.0. The predicted molar refractivity (Wildman–Crippen MR) is 76.9 cm³/mol. The number of carbonyl (C=O) groups excluding carboxylic acids is 2. The normalized spacial score (nSPS) is 11.7. The molecule has 0 spiro atoms. The van der Waals surface area contributed by atoms with Gasteiger partial charge in [0, 0.05) is 5.56 Å². The summed E-state index contributed by atoms with van der Waals surface area (Å²) in [5.41, 5.74) is 11.5. The fourth-order valence-corrected chi connectivity index (χ4v) is 1.80. The lowest BCUT2D eigenvalue weighted by atomic mass is 10.1. The Bertz CT molecular complexity index is 674. The molecule has 1 atom stereocenters. The topological polar surface area (TPSA) is 98.2 Å². The molecule has 5 N–H and O–H groups in total. The van der Waals surface area contributed by atoms with E-state index in [4.69, 9.17) is 11.5 Å². The Kier molecular flexibility index (Phi) is 4.30. The molecule has 0 aromatic heterocycles. The number of anilines is 1. The lowest BCUT2D eigenvalue weighted by Gasteiger charge is -2.13. The summed E-state index contributed by atoms with van der Waals surface area (Å²) in [5, 5.41) is 2.36. The van der Waals surface area contributed by atoms with Gasteiger partial charge in [-0.05, 0) is 23.8 Å². The summed E-state index contributed by atoms with van der Waals surface area (Å²) in [5.74, 6) is -1.96. The summed E-state index contributed by atoms with van der Waals surface area (Å²) >= 11 is 0. The van der Waals surface area contributed by atoms with Gasteiger partial charge in [0.1, 0.15) is 11.9 Å². The van der Waals surface area contributed by atoms with Crippen molar-refractivity contribution < 1.29 is 14.0 Å². The van der Waals surface area contributed by atoms with E-state index in [1.165, 1.54) is 12.1 Å². The number of primary amides is 1. The van der Waals surface area contributed by atoms with E-state index in [1.54, 1.807) is 30.3 Å². The van der Waals surface area contributed by atoms with Crippen LogP contribution in [0.1, 0.15) is 22.0 Å². The first-order chi connectivity index (χ1) is 9.99. The highest BCUT2D eigenvalue weighted by Gasteiger charge is 2.17. The molecule has 0 saturated heterocycles. The van der Waals surface area contributed by atoms with Gasteiger partial charge in [0.2, 0.25) is 11.8 Å². The van der Waals surface area contributed by atoms with Crippen LogP contribution in [0, 0.1) is 5.82 Å². The van der Waals surface area contributed by atoms with Crippen molar-refractivity contribution in [3.63, 3.8) is 0 Å². The second-order valence-electron chi connectivity index (χ2n) is 4.44. The number of nitrogens with two attached hydrogens (primary N) is 2. The van der Waals surface area contributed by atoms with Gasteiger partial charge in [0.25, 0.3) is 0 Å². The van der Waals surface area contributed by atoms with Crippen LogP contribution < -0.4 is 16.8 Å². The zero-order valence-electron chi connectivity index (χ0n) is 11.0. The zero-order chi connectivity index (χ0) is 15.4. The maximum absolute atomic E-state index is 13.7. The van der Waals surface area contributed by atoms with Gasteiger partial charge in [-0.3, -0.25) is 9.59 Å². The molecule has 2 aromatic rings. The highest BCUT2D eigenvalue weighted by molar-refractivity contribution is 5.98. The van der Waals surface area contributed by atoms with E-state index in [2.05, 4.69) is 5.32 Å². The van der Waals surface area contributed by atoms with Crippen LogP contribution in [0.25, 0.3) is 0 Å². The predicted octanol–water partition coefficient (Wildman–Crippen LogP) is 1.56. The van der Waals surface area contributed by atoms with Crippen molar-refractivity contribution in [1.29, 1.82) is 0 Å². The molecule has 2 aromatic carbocycles. The third kappa shape index (κ3) is 3.43. The minimum absolute atomic E-state index is 0.0972. The lowest BCUT2D eigenvalue weighted by Crippen LogP contribution is -2.28. The third-order valence-corrected chi connectivity index (χ3v) is 2.95. The van der Waals surface area contributed by atoms with Crippen LogP contribution in [0.2, 0.25) is 0 Å². The Morgan fingerprint density at radius 3 is 2.38 bits per heavy atom. The largest absolute Gasteiger partial charge is 0.366 e. The molecule has 2 rings (SSSR count). The Balaban J connectivity index is 2.20. The van der Waals surface area contributed by atoms with E-state index >= 15 is 0 Å². The summed E-state index contributed by atoms with van der Waals surface area (Å²) in [7, 11) is 0. The molecule has 1 unspecified atom stereocenters. The fourth-order valence-electron chi connectivity index (χ4n) is 1.80. The van der Waals surface area contributed by atoms with E-state index < -0.39 is 23.7 Å². The minimum Gasteiger partial charge on any atom is -0.366 e. The number of rotatable bonds is 4. The highest BCUT2D eigenvalue weighted by atomic mass is 19.1. The summed E-state index contributed by atoms with van der Waals surface area (Å²) in [4.78, 5) is 23.1. The highest BCUT2D eigenvalue weighted by Crippen LogP contribution is 2.18. The van der Waals surface area contributed by atoms with E-state index in [-0.39, 0.29) is 11.3 Å². The molecule has 0 bridgehead atoms. The first kappa shape index (κ1) is 14.7. The second kappa shape index (κ2) is 6.15. The molecule has 0 fully saturated rings. The Labute approximate surface area is 120 Å². The van der Waals surface area contributed by atoms with E-state index in [0.29, 0.717) is 5.56 Å². The van der Waals surface area contributed by atoms with Crippen molar-refractivity contribution in [1.82, 2.24) is 0 Å². The van der Waals surface area contributed by atoms with Gasteiger partial charge in [0.15, 0.2) is 0 Å². The Morgan fingerprint density at radius 1 is 1.10 bits per heavy atom. The molecule has 6 heteroatoms. The van der Waals surface area contributed by atoms with Gasteiger partial charge in [-0.2, -0.15) is 0 Å². The van der Waals surface area contributed by atoms with Crippen LogP contribution in [0.4, 0.5) is 10.1 Å². The number of hydrogen-bond acceptors (Lipinski definition) is 3. The number of halogens is 1. The van der Waals surface area contributed by atoms with Gasteiger partial charge >= 0.3 is 0 Å². The SMILES string of the molecule is NC(=O)c1ccc(F)c(NC(=O)C(N)c2ccccc2)c1. The van der Waals surface area contributed by atoms with Crippen LogP contribution in [0.3, 0.4) is 0 Å². The molecule has 108 valence electrons. The molecule has 0 aliphatic heterocycles. The number of carbonyl (C=O) groups is 2. The molecule has 0 saturated carbocycles. The fraction of sp³-hybridized carbons (Fsp3) is 0.0667. The first-order valence-corrected chi connectivity index (χ1v) is 6.20. The van der Waals surface area contributed by atoms with E-state index in [9.17, 15) is 14.0 Å². The molecule has 21 heavy (non-hydrogen) atoms. The Hall–Kier alpha value is -2.73. The van der Waals surface area contributed by atoms with Crippen LogP contribution in [-0.2, 0) is 4.79 Å². The summed E-state index contributed by atoms with van der Waals surface area (Å²) < 4.78 is 13.7. The number of nitrogens with one attached hydrogen (secondary N) is 1. The second-order valence-corrected chi connectivity index (χ2v) is 4.44. The quantitative estimate of drug-likeness (QED) is 0.795. The molecule has 0 heterocycles. The summed E-state index contributed by atoms with van der Waals surface area (Å²) in [6, 6.07) is 11.2. The van der Waals surface area contributed by atoms with Gasteiger partial charge in [-0.1, -0.05) is 30.3 Å². The van der Waals surface area contributed by atoms with Gasteiger partial charge in [0.05, 0.1) is 5.69 Å². The van der Waals surface area contributed by atoms with Crippen molar-refractivity contribution in [2.75, 3.05) is 5.32 Å². The maximum Gasteiger partial charge on any atom is 0.248 e. The van der Waals surface area contributed by atoms with Crippen LogP contribution in [0.15, 0.2) is 48.5 Å². The average Bonchev–Trinajstić information content (AvgIpc) is 2.49. The molecule has 0 aliphatic carbocycles. The summed E-state index contributed by atoms with van der Waals surface area (Å²) in [6.45, 7) is 0. The number of hydrogen-bond donors (Lipinski definition) is 3.